The highest BCUT2D eigenvalue weighted by Gasteiger charge is 2.39. The van der Waals surface area contributed by atoms with Crippen molar-refractivity contribution in [3.8, 4) is 0 Å². The summed E-state index contributed by atoms with van der Waals surface area (Å²) in [6.07, 6.45) is 5.00. The van der Waals surface area contributed by atoms with Crippen LogP contribution in [0.25, 0.3) is 0 Å². The van der Waals surface area contributed by atoms with Gasteiger partial charge in [0.1, 0.15) is 5.92 Å². The molecule has 19 heavy (non-hydrogen) atoms. The van der Waals surface area contributed by atoms with Gasteiger partial charge in [0, 0.05) is 13.0 Å². The maximum atomic E-state index is 12.0. The Morgan fingerprint density at radius 2 is 2.16 bits per heavy atom. The second-order valence-corrected chi connectivity index (χ2v) is 5.14. The van der Waals surface area contributed by atoms with Crippen molar-refractivity contribution in [3.63, 3.8) is 0 Å². The molecule has 0 amide bonds. The van der Waals surface area contributed by atoms with Gasteiger partial charge in [-0.3, -0.25) is 9.59 Å². The van der Waals surface area contributed by atoms with E-state index in [0.717, 1.165) is 24.8 Å². The van der Waals surface area contributed by atoms with Gasteiger partial charge >= 0.3 is 5.97 Å². The van der Waals surface area contributed by atoms with Gasteiger partial charge in [0.05, 0.1) is 12.7 Å². The van der Waals surface area contributed by atoms with Gasteiger partial charge in [-0.05, 0) is 44.6 Å². The van der Waals surface area contributed by atoms with Crippen LogP contribution in [0.3, 0.4) is 0 Å². The Labute approximate surface area is 114 Å². The number of hydrogen-bond acceptors (Lipinski definition) is 4. The van der Waals surface area contributed by atoms with Crippen LogP contribution in [0.5, 0.6) is 0 Å². The lowest BCUT2D eigenvalue weighted by Crippen LogP contribution is -2.39. The van der Waals surface area contributed by atoms with E-state index in [4.69, 9.17) is 9.47 Å². The average molecular weight is 266 g/mol. The third-order valence-corrected chi connectivity index (χ3v) is 3.93. The van der Waals surface area contributed by atoms with Gasteiger partial charge in [0.25, 0.3) is 0 Å². The predicted molar refractivity (Wildman–Crippen MR) is 70.6 cm³/mol. The fourth-order valence-corrected chi connectivity index (χ4v) is 3.08. The van der Waals surface area contributed by atoms with Crippen LogP contribution in [-0.4, -0.2) is 31.1 Å². The number of fused-ring (bicyclic) bond motifs is 1. The van der Waals surface area contributed by atoms with Gasteiger partial charge in [-0.1, -0.05) is 6.08 Å². The summed E-state index contributed by atoms with van der Waals surface area (Å²) in [6.45, 7) is 4.64. The van der Waals surface area contributed by atoms with Crippen LogP contribution < -0.4 is 0 Å². The molecular weight excluding hydrogens is 244 g/mol. The number of rotatable bonds is 4. The van der Waals surface area contributed by atoms with E-state index in [2.05, 4.69) is 0 Å². The highest BCUT2D eigenvalue weighted by atomic mass is 16.5. The smallest absolute Gasteiger partial charge is 0.315 e. The van der Waals surface area contributed by atoms with E-state index < -0.39 is 5.92 Å². The molecule has 0 radical (unpaired) electrons. The second kappa shape index (κ2) is 6.33. The van der Waals surface area contributed by atoms with Crippen molar-refractivity contribution in [2.75, 3.05) is 13.2 Å². The van der Waals surface area contributed by atoms with E-state index in [9.17, 15) is 9.59 Å². The van der Waals surface area contributed by atoms with Crippen molar-refractivity contribution in [2.45, 2.75) is 45.6 Å². The number of esters is 1. The van der Waals surface area contributed by atoms with Crippen LogP contribution in [0, 0.1) is 11.8 Å². The van der Waals surface area contributed by atoms with Crippen molar-refractivity contribution in [3.05, 3.63) is 11.6 Å². The van der Waals surface area contributed by atoms with Gasteiger partial charge in [0.15, 0.2) is 5.78 Å². The first-order valence-electron chi connectivity index (χ1n) is 7.20. The summed E-state index contributed by atoms with van der Waals surface area (Å²) in [7, 11) is 0. The van der Waals surface area contributed by atoms with Crippen LogP contribution in [-0.2, 0) is 19.1 Å². The molecule has 2 rings (SSSR count). The molecule has 0 aromatic carbocycles. The van der Waals surface area contributed by atoms with Crippen LogP contribution in [0.1, 0.15) is 39.5 Å². The van der Waals surface area contributed by atoms with E-state index in [-0.39, 0.29) is 23.8 Å². The molecule has 0 saturated heterocycles. The fourth-order valence-electron chi connectivity index (χ4n) is 3.08. The van der Waals surface area contributed by atoms with Gasteiger partial charge in [-0.15, -0.1) is 0 Å². The van der Waals surface area contributed by atoms with Crippen molar-refractivity contribution in [1.29, 1.82) is 0 Å². The molecular formula is C15H22O4. The molecule has 0 aliphatic heterocycles. The molecule has 4 heteroatoms. The largest absolute Gasteiger partial charge is 0.465 e. The summed E-state index contributed by atoms with van der Waals surface area (Å²) in [6, 6.07) is 0. The predicted octanol–water partition coefficient (Wildman–Crippen LogP) is 2.27. The number of Topliss-reactive ketones (excluding diaryl/α,β-unsaturated/α-hetero) is 1. The summed E-state index contributed by atoms with van der Waals surface area (Å²) in [4.78, 5) is 24.0. The highest BCUT2D eigenvalue weighted by Crippen LogP contribution is 2.38. The Morgan fingerprint density at radius 1 is 1.37 bits per heavy atom. The molecule has 4 nitrogen and oxygen atoms in total. The molecule has 0 heterocycles. The van der Waals surface area contributed by atoms with Crippen molar-refractivity contribution >= 4 is 11.8 Å². The summed E-state index contributed by atoms with van der Waals surface area (Å²) in [5, 5.41) is 0. The zero-order valence-electron chi connectivity index (χ0n) is 11.7. The summed E-state index contributed by atoms with van der Waals surface area (Å²) in [5.41, 5.74) is 0.834. The first-order chi connectivity index (χ1) is 9.17. The molecule has 0 aromatic rings. The Morgan fingerprint density at radius 3 is 2.84 bits per heavy atom. The molecule has 0 aromatic heterocycles. The first-order valence-corrected chi connectivity index (χ1v) is 7.20. The van der Waals surface area contributed by atoms with Crippen molar-refractivity contribution in [2.24, 2.45) is 11.8 Å². The standard InChI is InChI=1S/C15H22O4/c1-3-18-14-8-10-6-5-7-13(16)11(10)9-12(14)15(17)19-4-2/h9-10,12,14H,3-8H2,1-2H3/t10-,12+,14+/m0/s1. The summed E-state index contributed by atoms with van der Waals surface area (Å²) < 4.78 is 10.8. The number of carbonyl (C=O) groups is 2. The Balaban J connectivity index is 2.22. The van der Waals surface area contributed by atoms with Gasteiger partial charge in [-0.2, -0.15) is 0 Å². The molecule has 0 bridgehead atoms. The number of ether oxygens (including phenoxy) is 2. The summed E-state index contributed by atoms with van der Waals surface area (Å²) in [5.74, 6) is -0.234. The second-order valence-electron chi connectivity index (χ2n) is 5.14. The minimum absolute atomic E-state index is 0.149. The Bertz CT molecular complexity index is 386. The minimum Gasteiger partial charge on any atom is -0.465 e. The van der Waals surface area contributed by atoms with Crippen molar-refractivity contribution in [1.82, 2.24) is 0 Å². The summed E-state index contributed by atoms with van der Waals surface area (Å²) >= 11 is 0. The van der Waals surface area contributed by atoms with Crippen LogP contribution in [0.4, 0.5) is 0 Å². The number of ketones is 1. The first kappa shape index (κ1) is 14.3. The third kappa shape index (κ3) is 3.06. The number of carbonyl (C=O) groups excluding carboxylic acids is 2. The van der Waals surface area contributed by atoms with E-state index in [1.807, 2.05) is 13.0 Å². The van der Waals surface area contributed by atoms with Gasteiger partial charge < -0.3 is 9.47 Å². The molecule has 0 N–H and O–H groups in total. The average Bonchev–Trinajstić information content (AvgIpc) is 2.39. The van der Waals surface area contributed by atoms with Crippen molar-refractivity contribution < 1.29 is 19.1 Å². The number of hydrogen-bond donors (Lipinski definition) is 0. The maximum absolute atomic E-state index is 12.0. The normalized spacial score (nSPS) is 30.5. The zero-order valence-corrected chi connectivity index (χ0v) is 11.7. The molecule has 2 aliphatic rings. The lowest BCUT2D eigenvalue weighted by molar-refractivity contribution is -0.152. The third-order valence-electron chi connectivity index (χ3n) is 3.93. The Kier molecular flexibility index (Phi) is 4.75. The molecule has 3 atom stereocenters. The monoisotopic (exact) mass is 266 g/mol. The lowest BCUT2D eigenvalue weighted by Gasteiger charge is -2.35. The van der Waals surface area contributed by atoms with E-state index in [1.165, 1.54) is 0 Å². The minimum atomic E-state index is -0.423. The zero-order chi connectivity index (χ0) is 13.8. The molecule has 1 saturated carbocycles. The van der Waals surface area contributed by atoms with E-state index in [1.54, 1.807) is 6.92 Å². The van der Waals surface area contributed by atoms with Crippen LogP contribution in [0.15, 0.2) is 11.6 Å². The van der Waals surface area contributed by atoms with E-state index in [0.29, 0.717) is 19.6 Å². The fraction of sp³-hybridized carbons (Fsp3) is 0.733. The SMILES string of the molecule is CCOC(=O)[C@@H]1C=C2C(=O)CCC[C@H]2C[C@H]1OCC. The molecule has 106 valence electrons. The quantitative estimate of drug-likeness (QED) is 0.732. The maximum Gasteiger partial charge on any atom is 0.315 e. The van der Waals surface area contributed by atoms with Gasteiger partial charge in [-0.25, -0.2) is 0 Å². The molecule has 0 unspecified atom stereocenters. The lowest BCUT2D eigenvalue weighted by atomic mass is 9.73. The Hall–Kier alpha value is -1.16. The highest BCUT2D eigenvalue weighted by molar-refractivity contribution is 5.97. The van der Waals surface area contributed by atoms with E-state index >= 15 is 0 Å². The van der Waals surface area contributed by atoms with Crippen LogP contribution >= 0.6 is 0 Å². The topological polar surface area (TPSA) is 52.6 Å². The van der Waals surface area contributed by atoms with Gasteiger partial charge in [0.2, 0.25) is 0 Å². The molecule has 2 aliphatic carbocycles. The molecule has 0 spiro atoms. The molecule has 1 fully saturated rings. The number of allylic oxidation sites excluding steroid dienone is 1. The van der Waals surface area contributed by atoms with Crippen LogP contribution in [0.2, 0.25) is 0 Å².